The molecule has 14 heavy (non-hydrogen) atoms. The van der Waals surface area contributed by atoms with Crippen molar-refractivity contribution in [2.75, 3.05) is 13.6 Å². The van der Waals surface area contributed by atoms with Gasteiger partial charge in [-0.15, -0.1) is 0 Å². The van der Waals surface area contributed by atoms with Gasteiger partial charge in [-0.05, 0) is 19.3 Å². The third-order valence-corrected chi connectivity index (χ3v) is 2.04. The highest BCUT2D eigenvalue weighted by molar-refractivity contribution is 5.80. The average molecular weight is 202 g/mol. The summed E-state index contributed by atoms with van der Waals surface area (Å²) in [5.41, 5.74) is 0. The monoisotopic (exact) mass is 202 g/mol. The van der Waals surface area contributed by atoms with Gasteiger partial charge < -0.3 is 15.7 Å². The van der Waals surface area contributed by atoms with E-state index < -0.39 is 0 Å². The van der Waals surface area contributed by atoms with Crippen LogP contribution in [0.4, 0.5) is 0 Å². The summed E-state index contributed by atoms with van der Waals surface area (Å²) in [6.45, 7) is 6.37. The van der Waals surface area contributed by atoms with Gasteiger partial charge in [-0.1, -0.05) is 13.8 Å². The van der Waals surface area contributed by atoms with Gasteiger partial charge in [0.1, 0.15) is 0 Å². The highest BCUT2D eigenvalue weighted by atomic mass is 16.3. The van der Waals surface area contributed by atoms with E-state index in [1.165, 1.54) is 0 Å². The van der Waals surface area contributed by atoms with Gasteiger partial charge in [-0.2, -0.15) is 0 Å². The minimum absolute atomic E-state index is 0.0539. The molecule has 0 rings (SSSR count). The minimum atomic E-state index is -0.373. The van der Waals surface area contributed by atoms with E-state index >= 15 is 0 Å². The molecule has 4 heteroatoms. The first-order valence-electron chi connectivity index (χ1n) is 5.10. The van der Waals surface area contributed by atoms with Crippen molar-refractivity contribution in [1.82, 2.24) is 10.6 Å². The molecular formula is C10H22N2O2. The molecule has 84 valence electrons. The van der Waals surface area contributed by atoms with Crippen molar-refractivity contribution < 1.29 is 9.90 Å². The molecule has 0 saturated carbocycles. The van der Waals surface area contributed by atoms with Gasteiger partial charge >= 0.3 is 0 Å². The van der Waals surface area contributed by atoms with E-state index in [4.69, 9.17) is 0 Å². The fourth-order valence-corrected chi connectivity index (χ4v) is 1.25. The van der Waals surface area contributed by atoms with Gasteiger partial charge in [0.05, 0.1) is 12.1 Å². The summed E-state index contributed by atoms with van der Waals surface area (Å²) in [4.78, 5) is 11.1. The van der Waals surface area contributed by atoms with E-state index in [1.807, 2.05) is 0 Å². The highest BCUT2D eigenvalue weighted by Crippen LogP contribution is 2.03. The largest absolute Gasteiger partial charge is 0.392 e. The van der Waals surface area contributed by atoms with Crippen molar-refractivity contribution in [1.29, 1.82) is 0 Å². The average Bonchev–Trinajstić information content (AvgIpc) is 2.11. The Bertz CT molecular complexity index is 172. The Morgan fingerprint density at radius 3 is 2.36 bits per heavy atom. The smallest absolute Gasteiger partial charge is 0.236 e. The molecule has 0 radical (unpaired) electrons. The molecule has 0 bridgehead atoms. The molecule has 0 aromatic carbocycles. The summed E-state index contributed by atoms with van der Waals surface area (Å²) in [5, 5.41) is 15.1. The lowest BCUT2D eigenvalue weighted by atomic mass is 10.1. The lowest BCUT2D eigenvalue weighted by Gasteiger charge is -2.17. The maximum Gasteiger partial charge on any atom is 0.236 e. The molecule has 0 aromatic heterocycles. The molecule has 0 saturated heterocycles. The number of aliphatic hydroxyl groups excluding tert-OH is 1. The van der Waals surface area contributed by atoms with Crippen LogP contribution >= 0.6 is 0 Å². The zero-order valence-corrected chi connectivity index (χ0v) is 9.50. The number of nitrogens with one attached hydrogen (secondary N) is 2. The van der Waals surface area contributed by atoms with E-state index in [0.29, 0.717) is 12.5 Å². The summed E-state index contributed by atoms with van der Waals surface area (Å²) in [7, 11) is 1.60. The van der Waals surface area contributed by atoms with Crippen LogP contribution in [0.5, 0.6) is 0 Å². The summed E-state index contributed by atoms with van der Waals surface area (Å²) in [6.07, 6.45) is 0.384. The fourth-order valence-electron chi connectivity index (χ4n) is 1.25. The number of amides is 1. The van der Waals surface area contributed by atoms with Crippen molar-refractivity contribution in [2.24, 2.45) is 5.92 Å². The molecule has 2 atom stereocenters. The first-order chi connectivity index (χ1) is 6.47. The Kier molecular flexibility index (Phi) is 6.49. The maximum atomic E-state index is 11.1. The molecule has 1 amide bonds. The second-order valence-corrected chi connectivity index (χ2v) is 4.03. The molecule has 2 unspecified atom stereocenters. The van der Waals surface area contributed by atoms with Crippen LogP contribution in [0, 0.1) is 5.92 Å². The normalized spacial score (nSPS) is 15.3. The van der Waals surface area contributed by atoms with Crippen molar-refractivity contribution >= 4 is 5.91 Å². The SMILES string of the molecule is CNC(=O)C(C)NCC(O)CC(C)C. The summed E-state index contributed by atoms with van der Waals surface area (Å²) in [6, 6.07) is -0.248. The summed E-state index contributed by atoms with van der Waals surface area (Å²) >= 11 is 0. The molecule has 0 aliphatic carbocycles. The van der Waals surface area contributed by atoms with Gasteiger partial charge in [0.2, 0.25) is 5.91 Å². The lowest BCUT2D eigenvalue weighted by molar-refractivity contribution is -0.122. The Hall–Kier alpha value is -0.610. The molecule has 0 aromatic rings. The van der Waals surface area contributed by atoms with Crippen LogP contribution in [-0.4, -0.2) is 36.8 Å². The molecule has 4 nitrogen and oxygen atoms in total. The van der Waals surface area contributed by atoms with Crippen LogP contribution < -0.4 is 10.6 Å². The van der Waals surface area contributed by atoms with E-state index in [2.05, 4.69) is 24.5 Å². The van der Waals surface area contributed by atoms with Gasteiger partial charge in [-0.25, -0.2) is 0 Å². The minimum Gasteiger partial charge on any atom is -0.392 e. The molecule has 0 spiro atoms. The number of carbonyl (C=O) groups is 1. The molecule has 0 aliphatic rings. The van der Waals surface area contributed by atoms with E-state index in [9.17, 15) is 9.90 Å². The Morgan fingerprint density at radius 2 is 1.93 bits per heavy atom. The number of rotatable bonds is 6. The number of likely N-dealkylation sites (N-methyl/N-ethyl adjacent to an activating group) is 1. The van der Waals surface area contributed by atoms with Crippen molar-refractivity contribution in [2.45, 2.75) is 39.3 Å². The standard InChI is InChI=1S/C10H22N2O2/c1-7(2)5-9(13)6-12-8(3)10(14)11-4/h7-9,12-13H,5-6H2,1-4H3,(H,11,14). The van der Waals surface area contributed by atoms with E-state index in [0.717, 1.165) is 6.42 Å². The first kappa shape index (κ1) is 13.4. The molecule has 0 fully saturated rings. The highest BCUT2D eigenvalue weighted by Gasteiger charge is 2.12. The number of hydrogen-bond acceptors (Lipinski definition) is 3. The fraction of sp³-hybridized carbons (Fsp3) is 0.900. The number of hydrogen-bond donors (Lipinski definition) is 3. The zero-order valence-electron chi connectivity index (χ0n) is 9.50. The summed E-state index contributed by atoms with van der Waals surface area (Å²) in [5.74, 6) is 0.420. The predicted octanol–water partition coefficient (Wildman–Crippen LogP) is 0.118. The molecule has 0 aliphatic heterocycles. The molecule has 0 heterocycles. The third kappa shape index (κ3) is 5.94. The van der Waals surface area contributed by atoms with Gasteiger partial charge in [0.15, 0.2) is 0 Å². The quantitative estimate of drug-likeness (QED) is 0.573. The van der Waals surface area contributed by atoms with Crippen LogP contribution in [0.15, 0.2) is 0 Å². The topological polar surface area (TPSA) is 61.4 Å². The second kappa shape index (κ2) is 6.79. The van der Waals surface area contributed by atoms with Crippen LogP contribution in [0.2, 0.25) is 0 Å². The maximum absolute atomic E-state index is 11.1. The molecule has 3 N–H and O–H groups in total. The first-order valence-corrected chi connectivity index (χ1v) is 5.10. The lowest BCUT2D eigenvalue weighted by Crippen LogP contribution is -2.43. The third-order valence-electron chi connectivity index (χ3n) is 2.04. The van der Waals surface area contributed by atoms with Crippen molar-refractivity contribution in [3.63, 3.8) is 0 Å². The Labute approximate surface area is 86.1 Å². The van der Waals surface area contributed by atoms with Crippen LogP contribution in [0.3, 0.4) is 0 Å². The second-order valence-electron chi connectivity index (χ2n) is 4.03. The van der Waals surface area contributed by atoms with Crippen LogP contribution in [0.1, 0.15) is 27.2 Å². The van der Waals surface area contributed by atoms with Crippen molar-refractivity contribution in [3.05, 3.63) is 0 Å². The zero-order chi connectivity index (χ0) is 11.1. The van der Waals surface area contributed by atoms with Crippen LogP contribution in [0.25, 0.3) is 0 Å². The Balaban J connectivity index is 3.65. The molecular weight excluding hydrogens is 180 g/mol. The Morgan fingerprint density at radius 1 is 1.36 bits per heavy atom. The van der Waals surface area contributed by atoms with Gasteiger partial charge in [-0.3, -0.25) is 4.79 Å². The summed E-state index contributed by atoms with van der Waals surface area (Å²) < 4.78 is 0. The van der Waals surface area contributed by atoms with Gasteiger partial charge in [0, 0.05) is 13.6 Å². The predicted molar refractivity (Wildman–Crippen MR) is 57.0 cm³/mol. The van der Waals surface area contributed by atoms with Crippen LogP contribution in [-0.2, 0) is 4.79 Å². The van der Waals surface area contributed by atoms with E-state index in [1.54, 1.807) is 14.0 Å². The van der Waals surface area contributed by atoms with Gasteiger partial charge in [0.25, 0.3) is 0 Å². The van der Waals surface area contributed by atoms with E-state index in [-0.39, 0.29) is 18.1 Å². The number of aliphatic hydroxyl groups is 1. The van der Waals surface area contributed by atoms with Crippen molar-refractivity contribution in [3.8, 4) is 0 Å². The number of carbonyl (C=O) groups excluding carboxylic acids is 1.